The van der Waals surface area contributed by atoms with Gasteiger partial charge in [-0.05, 0) is 80.9 Å². The van der Waals surface area contributed by atoms with Crippen molar-refractivity contribution in [3.8, 4) is 11.5 Å². The molecule has 3 unspecified atom stereocenters. The number of aromatic hydroxyl groups is 1. The molecule has 0 amide bonds. The fourth-order valence-corrected chi connectivity index (χ4v) is 8.63. The number of piperidine rings is 1. The van der Waals surface area contributed by atoms with Crippen LogP contribution in [0.5, 0.6) is 11.5 Å². The van der Waals surface area contributed by atoms with E-state index in [1.54, 1.807) is 0 Å². The topological polar surface area (TPSA) is 62.2 Å². The van der Waals surface area contributed by atoms with E-state index in [-0.39, 0.29) is 28.6 Å². The van der Waals surface area contributed by atoms with Gasteiger partial charge in [0.1, 0.15) is 11.7 Å². The van der Waals surface area contributed by atoms with E-state index in [1.807, 2.05) is 20.1 Å². The minimum Gasteiger partial charge on any atom is -0.504 e. The van der Waals surface area contributed by atoms with Crippen molar-refractivity contribution in [3.63, 3.8) is 0 Å². The largest absolute Gasteiger partial charge is 0.504 e. The normalized spacial score (nSPS) is 40.4. The number of likely N-dealkylation sites (tertiary alicyclic amines) is 1. The Morgan fingerprint density at radius 3 is 2.56 bits per heavy atom. The molecule has 2 saturated carbocycles. The molecule has 34 heavy (non-hydrogen) atoms. The van der Waals surface area contributed by atoms with Gasteiger partial charge in [-0.25, -0.2) is 0 Å². The molecule has 1 saturated heterocycles. The van der Waals surface area contributed by atoms with E-state index in [1.165, 1.54) is 30.5 Å². The second-order valence-electron chi connectivity index (χ2n) is 13.3. The first-order valence-corrected chi connectivity index (χ1v) is 13.5. The number of rotatable bonds is 5. The molecule has 5 heteroatoms. The van der Waals surface area contributed by atoms with Crippen molar-refractivity contribution in [2.75, 3.05) is 20.2 Å². The summed E-state index contributed by atoms with van der Waals surface area (Å²) >= 11 is 0. The number of phenolic OH excluding ortho intramolecular Hbond substituents is 1. The molecule has 5 aliphatic rings. The van der Waals surface area contributed by atoms with Crippen molar-refractivity contribution in [3.05, 3.63) is 23.3 Å². The molecule has 2 heterocycles. The van der Waals surface area contributed by atoms with Crippen molar-refractivity contribution in [1.29, 1.82) is 0 Å². The molecule has 6 rings (SSSR count). The highest BCUT2D eigenvalue weighted by Crippen LogP contribution is 2.69. The average Bonchev–Trinajstić information content (AvgIpc) is 3.53. The molecular weight excluding hydrogens is 426 g/mol. The highest BCUT2D eigenvalue weighted by Gasteiger charge is 2.74. The summed E-state index contributed by atoms with van der Waals surface area (Å²) in [6.45, 7) is 12.9. The summed E-state index contributed by atoms with van der Waals surface area (Å²) in [5.74, 6) is 2.11. The molecule has 7 atom stereocenters. The van der Waals surface area contributed by atoms with Crippen LogP contribution in [0.1, 0.15) is 77.8 Å². The standard InChI is InChI=1S/C29H43NO4/c1-7-29(33-6)22(27(5,32)26(2,3)4)15-19-20-14-18-10-11-21(31)24-23(18)28(19,25(29)34-24)12-13-30(20)16-17-8-9-17/h10-11,17,19-20,22,25,31-32H,7-9,12-16H2,1-6H3/t19?,20-,22?,25-,27?,28+,29-/m1/s1. The minimum absolute atomic E-state index is 0.0699. The lowest BCUT2D eigenvalue weighted by atomic mass is 9.44. The molecule has 3 fully saturated rings. The Kier molecular flexibility index (Phi) is 4.85. The predicted octanol–water partition coefficient (Wildman–Crippen LogP) is 4.66. The zero-order valence-corrected chi connectivity index (χ0v) is 21.9. The van der Waals surface area contributed by atoms with Crippen molar-refractivity contribution in [1.82, 2.24) is 4.90 Å². The van der Waals surface area contributed by atoms with Crippen LogP contribution < -0.4 is 4.74 Å². The van der Waals surface area contributed by atoms with Gasteiger partial charge in [-0.15, -0.1) is 0 Å². The summed E-state index contributed by atoms with van der Waals surface area (Å²) in [5, 5.41) is 23.1. The first kappa shape index (κ1) is 23.1. The number of aliphatic hydroxyl groups is 1. The second-order valence-corrected chi connectivity index (χ2v) is 13.3. The Bertz CT molecular complexity index is 989. The first-order chi connectivity index (χ1) is 16.0. The lowest BCUT2D eigenvalue weighted by Crippen LogP contribution is -2.76. The van der Waals surface area contributed by atoms with Crippen LogP contribution in [-0.2, 0) is 16.6 Å². The van der Waals surface area contributed by atoms with E-state index in [0.717, 1.165) is 38.1 Å². The lowest BCUT2D eigenvalue weighted by Gasteiger charge is -2.66. The molecular formula is C29H43NO4. The Labute approximate surface area is 204 Å². The number of nitrogens with zero attached hydrogens (tertiary/aromatic N) is 1. The molecule has 2 N–H and O–H groups in total. The number of hydrogen-bond acceptors (Lipinski definition) is 5. The fourth-order valence-electron chi connectivity index (χ4n) is 8.63. The molecule has 5 nitrogen and oxygen atoms in total. The van der Waals surface area contributed by atoms with E-state index < -0.39 is 11.2 Å². The average molecular weight is 470 g/mol. The van der Waals surface area contributed by atoms with Gasteiger partial charge in [0.05, 0.1) is 5.60 Å². The van der Waals surface area contributed by atoms with E-state index in [4.69, 9.17) is 9.47 Å². The van der Waals surface area contributed by atoms with Gasteiger partial charge in [0.25, 0.3) is 0 Å². The molecule has 0 radical (unpaired) electrons. The zero-order chi connectivity index (χ0) is 24.3. The number of methoxy groups -OCH3 is 1. The smallest absolute Gasteiger partial charge is 0.165 e. The second kappa shape index (κ2) is 7.14. The van der Waals surface area contributed by atoms with Crippen LogP contribution in [0, 0.1) is 23.2 Å². The molecule has 3 aliphatic carbocycles. The highest BCUT2D eigenvalue weighted by atomic mass is 16.6. The van der Waals surface area contributed by atoms with Crippen LogP contribution in [0.25, 0.3) is 0 Å². The Hall–Kier alpha value is -1.30. The molecule has 188 valence electrons. The molecule has 1 aromatic rings. The summed E-state index contributed by atoms with van der Waals surface area (Å²) in [5.41, 5.74) is 0.570. The number of hydrogen-bond donors (Lipinski definition) is 2. The van der Waals surface area contributed by atoms with E-state index >= 15 is 0 Å². The predicted molar refractivity (Wildman–Crippen MR) is 132 cm³/mol. The maximum Gasteiger partial charge on any atom is 0.165 e. The van der Waals surface area contributed by atoms with Crippen LogP contribution in [0.3, 0.4) is 0 Å². The molecule has 0 aromatic heterocycles. The van der Waals surface area contributed by atoms with Crippen LogP contribution in [0.15, 0.2) is 12.1 Å². The van der Waals surface area contributed by atoms with E-state index in [9.17, 15) is 10.2 Å². The quantitative estimate of drug-likeness (QED) is 0.657. The molecule has 2 bridgehead atoms. The van der Waals surface area contributed by atoms with Crippen molar-refractivity contribution in [2.45, 2.75) is 102 Å². The van der Waals surface area contributed by atoms with Crippen LogP contribution in [-0.4, -0.2) is 58.7 Å². The van der Waals surface area contributed by atoms with E-state index in [0.29, 0.717) is 17.7 Å². The third kappa shape index (κ3) is 2.72. The van der Waals surface area contributed by atoms with E-state index in [2.05, 4.69) is 38.7 Å². The number of benzene rings is 1. The van der Waals surface area contributed by atoms with Crippen molar-refractivity contribution < 1.29 is 19.7 Å². The summed E-state index contributed by atoms with van der Waals surface area (Å²) in [4.78, 5) is 2.77. The summed E-state index contributed by atoms with van der Waals surface area (Å²) in [6.07, 6.45) is 6.25. The van der Waals surface area contributed by atoms with Gasteiger partial charge >= 0.3 is 0 Å². The van der Waals surface area contributed by atoms with Gasteiger partial charge in [-0.3, -0.25) is 4.90 Å². The van der Waals surface area contributed by atoms with Crippen molar-refractivity contribution in [2.24, 2.45) is 23.2 Å². The summed E-state index contributed by atoms with van der Waals surface area (Å²) in [6, 6.07) is 4.42. The third-order valence-corrected chi connectivity index (χ3v) is 11.1. The van der Waals surface area contributed by atoms with Crippen molar-refractivity contribution >= 4 is 0 Å². The molecule has 1 spiro atoms. The Balaban J connectivity index is 1.56. The lowest BCUT2D eigenvalue weighted by molar-refractivity contribution is -0.257. The highest BCUT2D eigenvalue weighted by molar-refractivity contribution is 5.61. The summed E-state index contributed by atoms with van der Waals surface area (Å²) < 4.78 is 13.4. The van der Waals surface area contributed by atoms with Gasteiger partial charge in [-0.1, -0.05) is 33.8 Å². The van der Waals surface area contributed by atoms with Crippen LogP contribution in [0.4, 0.5) is 0 Å². The maximum atomic E-state index is 12.2. The minimum atomic E-state index is -0.934. The SMILES string of the molecule is CC[C@@]1(OC)C(C(C)(O)C(C)(C)C)CC2[C@H]3Cc4ccc(O)c5c4[C@@]2(CCN3CC2CC2)[C@H]1O5. The van der Waals surface area contributed by atoms with Gasteiger partial charge in [0, 0.05) is 36.6 Å². The molecule has 2 aliphatic heterocycles. The van der Waals surface area contributed by atoms with Crippen LogP contribution >= 0.6 is 0 Å². The van der Waals surface area contributed by atoms with Gasteiger partial charge in [-0.2, -0.15) is 0 Å². The Morgan fingerprint density at radius 2 is 1.94 bits per heavy atom. The van der Waals surface area contributed by atoms with Gasteiger partial charge in [0.2, 0.25) is 0 Å². The van der Waals surface area contributed by atoms with Crippen LogP contribution in [0.2, 0.25) is 0 Å². The Morgan fingerprint density at radius 1 is 1.21 bits per heavy atom. The van der Waals surface area contributed by atoms with Gasteiger partial charge in [0.15, 0.2) is 11.5 Å². The number of phenols is 1. The third-order valence-electron chi connectivity index (χ3n) is 11.1. The fraction of sp³-hybridized carbons (Fsp3) is 0.793. The number of ether oxygens (including phenoxy) is 2. The first-order valence-electron chi connectivity index (χ1n) is 13.5. The monoisotopic (exact) mass is 469 g/mol. The zero-order valence-electron chi connectivity index (χ0n) is 21.9. The maximum absolute atomic E-state index is 12.2. The molecule has 1 aromatic carbocycles. The van der Waals surface area contributed by atoms with Gasteiger partial charge < -0.3 is 19.7 Å². The summed E-state index contributed by atoms with van der Waals surface area (Å²) in [7, 11) is 1.81.